The fourth-order valence-corrected chi connectivity index (χ4v) is 3.41. The summed E-state index contributed by atoms with van der Waals surface area (Å²) in [6.07, 6.45) is 0. The summed E-state index contributed by atoms with van der Waals surface area (Å²) >= 11 is 3.49. The quantitative estimate of drug-likeness (QED) is 0.691. The molecule has 24 heavy (non-hydrogen) atoms. The second kappa shape index (κ2) is 6.43. The molecule has 0 saturated carbocycles. The number of halogens is 1. The number of H-pyrrole nitrogens is 1. The zero-order chi connectivity index (χ0) is 17.4. The van der Waals surface area contributed by atoms with Crippen LogP contribution in [0.2, 0.25) is 0 Å². The molecule has 3 aromatic rings. The second-order valence-electron chi connectivity index (χ2n) is 6.23. The van der Waals surface area contributed by atoms with Crippen molar-refractivity contribution in [3.63, 3.8) is 0 Å². The summed E-state index contributed by atoms with van der Waals surface area (Å²) in [6, 6.07) is 9.60. The third kappa shape index (κ3) is 2.86. The van der Waals surface area contributed by atoms with Crippen molar-refractivity contribution in [2.24, 2.45) is 0 Å². The molecule has 1 N–H and O–H groups in total. The highest BCUT2D eigenvalue weighted by Crippen LogP contribution is 2.30. The highest BCUT2D eigenvalue weighted by molar-refractivity contribution is 9.10. The predicted molar refractivity (Wildman–Crippen MR) is 97.1 cm³/mol. The minimum Gasteiger partial charge on any atom is -0.459 e. The number of hydrogen-bond acceptors (Lipinski definition) is 3. The number of carbonyl (C=O) groups is 1. The Kier molecular flexibility index (Phi) is 4.49. The van der Waals surface area contributed by atoms with Crippen LogP contribution in [-0.2, 0) is 0 Å². The van der Waals surface area contributed by atoms with E-state index in [2.05, 4.69) is 26.1 Å². The molecule has 0 radical (unpaired) electrons. The highest BCUT2D eigenvalue weighted by Gasteiger charge is 2.27. The molecule has 1 aromatic carbocycles. The van der Waals surface area contributed by atoms with Crippen LogP contribution in [0.15, 0.2) is 39.2 Å². The van der Waals surface area contributed by atoms with Crippen molar-refractivity contribution in [2.75, 3.05) is 7.05 Å². The van der Waals surface area contributed by atoms with Crippen LogP contribution in [0.25, 0.3) is 11.0 Å². The van der Waals surface area contributed by atoms with E-state index in [1.807, 2.05) is 51.1 Å². The SMILES string of the molecule is CC(C)c1[nH]nc(C(=O)N(C)C(C)c2cc3ccccc3o2)c1Br. The van der Waals surface area contributed by atoms with Gasteiger partial charge in [-0.25, -0.2) is 0 Å². The lowest BCUT2D eigenvalue weighted by atomic mass is 10.1. The minimum absolute atomic E-state index is 0.155. The number of nitrogens with one attached hydrogen (secondary N) is 1. The molecule has 0 aliphatic rings. The molecule has 5 nitrogen and oxygen atoms in total. The predicted octanol–water partition coefficient (Wildman–Crippen LogP) is 4.88. The maximum absolute atomic E-state index is 12.8. The van der Waals surface area contributed by atoms with Crippen molar-refractivity contribution in [3.8, 4) is 0 Å². The summed E-state index contributed by atoms with van der Waals surface area (Å²) in [5, 5.41) is 8.16. The van der Waals surface area contributed by atoms with Gasteiger partial charge in [-0.1, -0.05) is 32.0 Å². The summed E-state index contributed by atoms with van der Waals surface area (Å²) in [5.74, 6) is 0.854. The maximum atomic E-state index is 12.8. The fraction of sp³-hybridized carbons (Fsp3) is 0.333. The largest absolute Gasteiger partial charge is 0.459 e. The van der Waals surface area contributed by atoms with Gasteiger partial charge < -0.3 is 9.32 Å². The molecule has 1 atom stereocenters. The van der Waals surface area contributed by atoms with E-state index >= 15 is 0 Å². The number of fused-ring (bicyclic) bond motifs is 1. The van der Waals surface area contributed by atoms with Gasteiger partial charge in [0.1, 0.15) is 11.3 Å². The maximum Gasteiger partial charge on any atom is 0.275 e. The van der Waals surface area contributed by atoms with Crippen LogP contribution in [0, 0.1) is 0 Å². The lowest BCUT2D eigenvalue weighted by Gasteiger charge is -2.22. The molecule has 0 aliphatic heterocycles. The molecule has 0 bridgehead atoms. The summed E-state index contributed by atoms with van der Waals surface area (Å²) in [6.45, 7) is 6.04. The highest BCUT2D eigenvalue weighted by atomic mass is 79.9. The molecular formula is C18H20BrN3O2. The molecule has 2 heterocycles. The van der Waals surface area contributed by atoms with Crippen molar-refractivity contribution >= 4 is 32.8 Å². The molecule has 0 aliphatic carbocycles. The Hall–Kier alpha value is -2.08. The first-order valence-electron chi connectivity index (χ1n) is 7.89. The number of aromatic amines is 1. The van der Waals surface area contributed by atoms with Gasteiger partial charge in [0.05, 0.1) is 16.2 Å². The van der Waals surface area contributed by atoms with Gasteiger partial charge in [-0.3, -0.25) is 9.89 Å². The van der Waals surface area contributed by atoms with E-state index in [9.17, 15) is 4.79 Å². The van der Waals surface area contributed by atoms with Crippen LogP contribution in [0.5, 0.6) is 0 Å². The average molecular weight is 390 g/mol. The molecule has 6 heteroatoms. The van der Waals surface area contributed by atoms with Crippen LogP contribution in [0.4, 0.5) is 0 Å². The van der Waals surface area contributed by atoms with Crippen LogP contribution in [0.1, 0.15) is 54.7 Å². The number of hydrogen-bond donors (Lipinski definition) is 1. The van der Waals surface area contributed by atoms with E-state index in [4.69, 9.17) is 4.42 Å². The molecule has 0 spiro atoms. The summed E-state index contributed by atoms with van der Waals surface area (Å²) in [4.78, 5) is 14.4. The van der Waals surface area contributed by atoms with E-state index in [0.717, 1.165) is 26.9 Å². The standard InChI is InChI=1S/C18H20BrN3O2/c1-10(2)16-15(19)17(21-20-16)18(23)22(4)11(3)14-9-12-7-5-6-8-13(12)24-14/h5-11H,1-4H3,(H,20,21). The Morgan fingerprint density at radius 3 is 2.62 bits per heavy atom. The molecule has 126 valence electrons. The Labute approximate surface area is 149 Å². The van der Waals surface area contributed by atoms with Crippen molar-refractivity contribution in [1.82, 2.24) is 15.1 Å². The number of benzene rings is 1. The smallest absolute Gasteiger partial charge is 0.275 e. The average Bonchev–Trinajstić information content (AvgIpc) is 3.16. The zero-order valence-corrected chi connectivity index (χ0v) is 15.7. The van der Waals surface area contributed by atoms with E-state index in [0.29, 0.717) is 5.69 Å². The number of rotatable bonds is 4. The molecule has 0 fully saturated rings. The van der Waals surface area contributed by atoms with Crippen LogP contribution >= 0.6 is 15.9 Å². The molecular weight excluding hydrogens is 370 g/mol. The van der Waals surface area contributed by atoms with Gasteiger partial charge in [0.25, 0.3) is 5.91 Å². The first-order valence-corrected chi connectivity index (χ1v) is 8.68. The number of aromatic nitrogens is 2. The number of para-hydroxylation sites is 1. The number of furan rings is 1. The van der Waals surface area contributed by atoms with Crippen LogP contribution in [0.3, 0.4) is 0 Å². The van der Waals surface area contributed by atoms with E-state index < -0.39 is 0 Å². The van der Waals surface area contributed by atoms with Crippen molar-refractivity contribution < 1.29 is 9.21 Å². The zero-order valence-electron chi connectivity index (χ0n) is 14.1. The molecule has 1 amide bonds. The Morgan fingerprint density at radius 1 is 1.29 bits per heavy atom. The van der Waals surface area contributed by atoms with E-state index in [1.54, 1.807) is 11.9 Å². The first-order chi connectivity index (χ1) is 11.4. The minimum atomic E-state index is -0.198. The Bertz CT molecular complexity index is 848. The third-order valence-corrected chi connectivity index (χ3v) is 5.07. The second-order valence-corrected chi connectivity index (χ2v) is 7.03. The molecule has 0 saturated heterocycles. The lowest BCUT2D eigenvalue weighted by molar-refractivity contribution is 0.0720. The number of amides is 1. The normalized spacial score (nSPS) is 12.8. The number of nitrogens with zero attached hydrogens (tertiary/aromatic N) is 2. The Balaban J connectivity index is 1.87. The lowest BCUT2D eigenvalue weighted by Crippen LogP contribution is -2.30. The summed E-state index contributed by atoms with van der Waals surface area (Å²) in [7, 11) is 1.76. The summed E-state index contributed by atoms with van der Waals surface area (Å²) in [5.41, 5.74) is 2.13. The van der Waals surface area contributed by atoms with Crippen LogP contribution < -0.4 is 0 Å². The van der Waals surface area contributed by atoms with Gasteiger partial charge in [0.15, 0.2) is 5.69 Å². The van der Waals surface area contributed by atoms with Crippen molar-refractivity contribution in [1.29, 1.82) is 0 Å². The number of carbonyl (C=O) groups excluding carboxylic acids is 1. The molecule has 2 aromatic heterocycles. The Morgan fingerprint density at radius 2 is 2.00 bits per heavy atom. The van der Waals surface area contributed by atoms with Gasteiger partial charge in [-0.2, -0.15) is 5.10 Å². The van der Waals surface area contributed by atoms with Gasteiger partial charge in [-0.15, -0.1) is 0 Å². The third-order valence-electron chi connectivity index (χ3n) is 4.27. The van der Waals surface area contributed by atoms with Gasteiger partial charge in [0, 0.05) is 12.4 Å². The van der Waals surface area contributed by atoms with Gasteiger partial charge >= 0.3 is 0 Å². The monoisotopic (exact) mass is 389 g/mol. The van der Waals surface area contributed by atoms with Gasteiger partial charge in [-0.05, 0) is 40.9 Å². The van der Waals surface area contributed by atoms with E-state index in [1.165, 1.54) is 0 Å². The van der Waals surface area contributed by atoms with Crippen LogP contribution in [-0.4, -0.2) is 28.1 Å². The topological polar surface area (TPSA) is 62.1 Å². The molecule has 1 unspecified atom stereocenters. The fourth-order valence-electron chi connectivity index (χ4n) is 2.61. The van der Waals surface area contributed by atoms with Crippen molar-refractivity contribution in [3.05, 3.63) is 52.0 Å². The van der Waals surface area contributed by atoms with Gasteiger partial charge in [0.2, 0.25) is 0 Å². The summed E-state index contributed by atoms with van der Waals surface area (Å²) < 4.78 is 6.60. The molecule has 3 rings (SSSR count). The van der Waals surface area contributed by atoms with E-state index in [-0.39, 0.29) is 17.9 Å². The van der Waals surface area contributed by atoms with Crippen molar-refractivity contribution in [2.45, 2.75) is 32.7 Å². The first kappa shape index (κ1) is 16.8.